The van der Waals surface area contributed by atoms with Crippen molar-refractivity contribution in [2.45, 2.75) is 94.2 Å². The van der Waals surface area contributed by atoms with E-state index >= 15 is 0 Å². The Bertz CT molecular complexity index is 1970. The fourth-order valence-corrected chi connectivity index (χ4v) is 9.34. The number of sulfonamides is 1. The van der Waals surface area contributed by atoms with Gasteiger partial charge in [-0.25, -0.2) is 18.2 Å². The zero-order chi connectivity index (χ0) is 37.9. The molecule has 286 valence electrons. The van der Waals surface area contributed by atoms with Gasteiger partial charge in [-0.3, -0.25) is 19.1 Å². The Morgan fingerprint density at radius 1 is 1.13 bits per heavy atom. The first-order valence-electron chi connectivity index (χ1n) is 18.4. The molecule has 1 saturated heterocycles. The molecule has 1 aromatic heterocycles. The van der Waals surface area contributed by atoms with Crippen LogP contribution in [0.2, 0.25) is 0 Å². The van der Waals surface area contributed by atoms with Crippen LogP contribution < -0.4 is 29.7 Å². The molecule has 0 bridgehead atoms. The number of amides is 4. The van der Waals surface area contributed by atoms with Crippen molar-refractivity contribution in [1.29, 1.82) is 0 Å². The van der Waals surface area contributed by atoms with E-state index in [1.165, 1.54) is 4.90 Å². The number of benzene rings is 1. The standard InChI is InChI=1S/C37H48N6O9S/c1-21-7-5-6-8-23-19-37(23,34(46)41-53(49,50)36(3)12-13-36)40-31(44)28-18-24(20-43(28)33(45)29(22(2)17-21)39-35(47)48)52-32-26-9-10-27-30(25(26)11-14-38-32)51-16-15-42(27)4/h6,8-11,14,21-24,28-29,39H,5,7,12-13,15-20H2,1-4H3,(H,40,44)(H,41,46)(H,47,48)/t21-,22+,23+,24+,28-,29-,37+/m0/s1. The van der Waals surface area contributed by atoms with Gasteiger partial charge in [0.25, 0.3) is 5.91 Å². The first kappa shape index (κ1) is 36.7. The second-order valence-electron chi connectivity index (χ2n) is 15.8. The summed E-state index contributed by atoms with van der Waals surface area (Å²) in [6.07, 6.45) is 6.29. The van der Waals surface area contributed by atoms with Crippen molar-refractivity contribution < 1.29 is 42.2 Å². The summed E-state index contributed by atoms with van der Waals surface area (Å²) >= 11 is 0. The molecule has 16 heteroatoms. The number of aromatic nitrogens is 1. The molecule has 1 aromatic carbocycles. The Kier molecular flexibility index (Phi) is 9.48. The molecule has 2 aliphatic carbocycles. The van der Waals surface area contributed by atoms with Crippen LogP contribution in [0.3, 0.4) is 0 Å². The Labute approximate surface area is 308 Å². The Morgan fingerprint density at radius 3 is 2.64 bits per heavy atom. The molecular formula is C37H48N6O9S. The van der Waals surface area contributed by atoms with Gasteiger partial charge in [0.05, 0.1) is 23.5 Å². The molecule has 2 aromatic rings. The van der Waals surface area contributed by atoms with Crippen LogP contribution in [-0.2, 0) is 24.4 Å². The number of hydrogen-bond acceptors (Lipinski definition) is 10. The van der Waals surface area contributed by atoms with Crippen LogP contribution in [-0.4, -0.2) is 102 Å². The molecule has 0 radical (unpaired) electrons. The maximum atomic E-state index is 14.4. The highest BCUT2D eigenvalue weighted by Crippen LogP contribution is 2.48. The second-order valence-corrected chi connectivity index (χ2v) is 18.0. The van der Waals surface area contributed by atoms with E-state index in [-0.39, 0.29) is 31.2 Å². The lowest BCUT2D eigenvalue weighted by Gasteiger charge is -2.32. The second kappa shape index (κ2) is 13.7. The maximum Gasteiger partial charge on any atom is 0.405 e. The fraction of sp³-hybridized carbons (Fsp3) is 0.595. The summed E-state index contributed by atoms with van der Waals surface area (Å²) < 4.78 is 40.0. The quantitative estimate of drug-likeness (QED) is 0.317. The number of ether oxygens (including phenoxy) is 2. The smallest absolute Gasteiger partial charge is 0.405 e. The van der Waals surface area contributed by atoms with Gasteiger partial charge in [-0.05, 0) is 75.5 Å². The normalized spacial score (nSPS) is 31.1. The van der Waals surface area contributed by atoms with Crippen molar-refractivity contribution in [1.82, 2.24) is 25.2 Å². The fourth-order valence-electron chi connectivity index (χ4n) is 8.03. The number of likely N-dealkylation sites (N-methyl/N-ethyl adjacent to an activating group) is 1. The highest BCUT2D eigenvalue weighted by atomic mass is 32.2. The van der Waals surface area contributed by atoms with Crippen LogP contribution >= 0.6 is 0 Å². The third-order valence-corrected chi connectivity index (χ3v) is 13.9. The van der Waals surface area contributed by atoms with Crippen molar-refractivity contribution in [3.63, 3.8) is 0 Å². The minimum Gasteiger partial charge on any atom is -0.489 e. The third-order valence-electron chi connectivity index (χ3n) is 11.7. The number of carboxylic acid groups (broad SMARTS) is 1. The van der Waals surface area contributed by atoms with Gasteiger partial charge in [-0.2, -0.15) is 0 Å². The molecule has 53 heavy (non-hydrogen) atoms. The predicted molar refractivity (Wildman–Crippen MR) is 195 cm³/mol. The van der Waals surface area contributed by atoms with E-state index in [1.807, 2.05) is 51.2 Å². The van der Waals surface area contributed by atoms with E-state index in [0.717, 1.165) is 24.0 Å². The van der Waals surface area contributed by atoms with E-state index in [0.29, 0.717) is 43.4 Å². The van der Waals surface area contributed by atoms with E-state index in [9.17, 15) is 32.7 Å². The van der Waals surface area contributed by atoms with Crippen LogP contribution in [0.15, 0.2) is 36.5 Å². The van der Waals surface area contributed by atoms with Crippen LogP contribution in [0, 0.1) is 17.8 Å². The lowest BCUT2D eigenvalue weighted by atomic mass is 9.88. The van der Waals surface area contributed by atoms with Gasteiger partial charge in [0.1, 0.15) is 30.3 Å². The summed E-state index contributed by atoms with van der Waals surface area (Å²) in [4.78, 5) is 62.6. The van der Waals surface area contributed by atoms with Gasteiger partial charge >= 0.3 is 6.09 Å². The molecule has 0 unspecified atom stereocenters. The Hall–Kier alpha value is -4.60. The van der Waals surface area contributed by atoms with Crippen molar-refractivity contribution >= 4 is 50.3 Å². The topological polar surface area (TPSA) is 197 Å². The summed E-state index contributed by atoms with van der Waals surface area (Å²) in [6.45, 7) is 6.63. The van der Waals surface area contributed by atoms with E-state index in [4.69, 9.17) is 9.47 Å². The molecular weight excluding hydrogens is 705 g/mol. The van der Waals surface area contributed by atoms with Crippen molar-refractivity contribution in [3.05, 3.63) is 36.5 Å². The lowest BCUT2D eigenvalue weighted by Crippen LogP contribution is -2.59. The van der Waals surface area contributed by atoms with E-state index < -0.39 is 74.1 Å². The minimum absolute atomic E-state index is 0.0129. The molecule has 7 atom stereocenters. The SMILES string of the molecule is C[C@H]1CCC=C[C@@H]2C[C@@]2(C(=O)NS(=O)(=O)C2(C)CC2)NC(=O)[C@@H]2C[C@@H](Oc3nccc4c5c(ccc34)N(C)CCO5)CN2C(=O)[C@@H](NC(=O)O)[C@H](C)C1. The van der Waals surface area contributed by atoms with Gasteiger partial charge in [-0.1, -0.05) is 26.0 Å². The number of nitrogens with one attached hydrogen (secondary N) is 3. The summed E-state index contributed by atoms with van der Waals surface area (Å²) in [5, 5.41) is 16.5. The lowest BCUT2D eigenvalue weighted by molar-refractivity contribution is -0.142. The minimum atomic E-state index is -4.00. The van der Waals surface area contributed by atoms with E-state index in [1.54, 1.807) is 13.1 Å². The summed E-state index contributed by atoms with van der Waals surface area (Å²) in [5.74, 6) is -1.81. The summed E-state index contributed by atoms with van der Waals surface area (Å²) in [6, 6.07) is 3.35. The van der Waals surface area contributed by atoms with Crippen LogP contribution in [0.4, 0.5) is 10.5 Å². The number of pyridine rings is 1. The van der Waals surface area contributed by atoms with Crippen molar-refractivity contribution in [2.24, 2.45) is 17.8 Å². The Morgan fingerprint density at radius 2 is 1.91 bits per heavy atom. The number of fused-ring (bicyclic) bond motifs is 5. The summed E-state index contributed by atoms with van der Waals surface area (Å²) in [7, 11) is -2.01. The van der Waals surface area contributed by atoms with Crippen LogP contribution in [0.5, 0.6) is 11.6 Å². The monoisotopic (exact) mass is 752 g/mol. The molecule has 2 saturated carbocycles. The van der Waals surface area contributed by atoms with Crippen molar-refractivity contribution in [2.75, 3.05) is 31.6 Å². The zero-order valence-electron chi connectivity index (χ0n) is 30.5. The third kappa shape index (κ3) is 6.97. The molecule has 3 aliphatic heterocycles. The Balaban J connectivity index is 1.22. The van der Waals surface area contributed by atoms with Gasteiger partial charge in [0.2, 0.25) is 27.7 Å². The van der Waals surface area contributed by atoms with Gasteiger partial charge in [0.15, 0.2) is 5.75 Å². The molecule has 3 fully saturated rings. The average Bonchev–Trinajstić information content (AvgIpc) is 3.98. The molecule has 4 N–H and O–H groups in total. The largest absolute Gasteiger partial charge is 0.489 e. The van der Waals surface area contributed by atoms with Gasteiger partial charge in [-0.15, -0.1) is 0 Å². The summed E-state index contributed by atoms with van der Waals surface area (Å²) in [5.41, 5.74) is -0.610. The molecule has 0 spiro atoms. The van der Waals surface area contributed by atoms with Gasteiger partial charge < -0.3 is 35.0 Å². The average molecular weight is 753 g/mol. The first-order valence-corrected chi connectivity index (χ1v) is 19.9. The molecule has 4 amide bonds. The number of carbonyl (C=O) groups is 4. The number of nitrogens with zero attached hydrogens (tertiary/aromatic N) is 3. The molecule has 4 heterocycles. The first-order chi connectivity index (χ1) is 25.1. The number of hydrogen-bond donors (Lipinski definition) is 4. The molecule has 5 aliphatic rings. The number of allylic oxidation sites excluding steroid dienone is 1. The van der Waals surface area contributed by atoms with Gasteiger partial charge in [0, 0.05) is 36.4 Å². The number of rotatable bonds is 6. The highest BCUT2D eigenvalue weighted by molar-refractivity contribution is 7.91. The van der Waals surface area contributed by atoms with E-state index in [2.05, 4.69) is 25.2 Å². The van der Waals surface area contributed by atoms with Crippen LogP contribution in [0.1, 0.15) is 65.7 Å². The highest BCUT2D eigenvalue weighted by Gasteiger charge is 2.63. The number of anilines is 1. The zero-order valence-corrected chi connectivity index (χ0v) is 31.3. The number of carbonyl (C=O) groups excluding carboxylic acids is 3. The molecule has 7 rings (SSSR count). The van der Waals surface area contributed by atoms with Crippen LogP contribution in [0.25, 0.3) is 10.8 Å². The predicted octanol–water partition coefficient (Wildman–Crippen LogP) is 2.93. The van der Waals surface area contributed by atoms with Crippen molar-refractivity contribution in [3.8, 4) is 11.6 Å². The molecule has 15 nitrogen and oxygen atoms in total. The maximum absolute atomic E-state index is 14.4.